The highest BCUT2D eigenvalue weighted by atomic mass is 32.7. The number of ketones is 1. The number of nitrogens with one attached hydrogen (secondary N) is 8. The average molecular weight is 1510 g/mol. The summed E-state index contributed by atoms with van der Waals surface area (Å²) in [5, 5.41) is 16.7. The Labute approximate surface area is 595 Å². The lowest BCUT2D eigenvalue weighted by Gasteiger charge is -2.24. The zero-order chi connectivity index (χ0) is 74.2. The van der Waals surface area contributed by atoms with Gasteiger partial charge in [-0.15, -0.1) is 0 Å². The number of aromatic amines is 2. The number of benzene rings is 2. The van der Waals surface area contributed by atoms with Crippen LogP contribution in [0.1, 0.15) is 93.7 Å². The molecule has 560 valence electrons. The number of alkyl halides is 1. The van der Waals surface area contributed by atoms with Gasteiger partial charge in [-0.05, 0) is 66.7 Å². The molecule has 42 heteroatoms. The lowest BCUT2D eigenvalue weighted by Crippen LogP contribution is -2.54. The number of carbonyl (C=O) groups is 5. The summed E-state index contributed by atoms with van der Waals surface area (Å²) in [4.78, 5) is 146. The number of aromatic nitrogens is 12. The number of hydrogen-bond donors (Lipinski definition) is 12. The predicted octanol–water partition coefficient (Wildman–Crippen LogP) is 2.88. The molecule has 0 aliphatic carbocycles. The fourth-order valence-electron chi connectivity index (χ4n) is 11.0. The van der Waals surface area contributed by atoms with E-state index in [1.54, 1.807) is 54.8 Å². The van der Waals surface area contributed by atoms with Gasteiger partial charge in [0, 0.05) is 43.1 Å². The fourth-order valence-corrected chi connectivity index (χ4v) is 14.2. The quantitative estimate of drug-likeness (QED) is 0.0150. The second kappa shape index (κ2) is 35.6. The highest BCUT2D eigenvalue weighted by molar-refractivity contribution is 8.54. The number of amides is 4. The Bertz CT molecular complexity index is 4550. The maximum atomic E-state index is 16.6. The van der Waals surface area contributed by atoms with Crippen LogP contribution in [-0.4, -0.2) is 200 Å². The van der Waals surface area contributed by atoms with Gasteiger partial charge in [-0.1, -0.05) is 63.6 Å². The number of halogens is 1. The monoisotopic (exact) mass is 1510 g/mol. The van der Waals surface area contributed by atoms with Gasteiger partial charge in [-0.3, -0.25) is 56.0 Å². The number of phosphoric acid groups is 1. The number of nitrogen functional groups attached to an aromatic ring is 2. The van der Waals surface area contributed by atoms with Gasteiger partial charge in [-0.25, -0.2) is 43.2 Å². The van der Waals surface area contributed by atoms with E-state index in [1.807, 2.05) is 0 Å². The summed E-state index contributed by atoms with van der Waals surface area (Å²) in [7, 11) is -5.16. The zero-order valence-corrected chi connectivity index (χ0v) is 59.5. The molecule has 104 heavy (non-hydrogen) atoms. The second-order valence-electron chi connectivity index (χ2n) is 24.5. The van der Waals surface area contributed by atoms with Crippen LogP contribution in [-0.2, 0) is 73.1 Å². The van der Waals surface area contributed by atoms with Crippen LogP contribution in [0.25, 0.3) is 33.5 Å². The second-order valence-corrected chi connectivity index (χ2v) is 29.8. The van der Waals surface area contributed by atoms with E-state index in [0.717, 1.165) is 35.6 Å². The molecule has 38 nitrogen and oxygen atoms in total. The highest BCUT2D eigenvalue weighted by Gasteiger charge is 2.52. The van der Waals surface area contributed by atoms with Crippen molar-refractivity contribution in [3.8, 4) is 0 Å². The smallest absolute Gasteiger partial charge is 0.382 e. The molecule has 10 rings (SSSR count). The molecule has 10 atom stereocenters. The SMILES string of the molecule is CCCCNc1nc(N)c2[nH]c(=O)n(Cc3ccc(C(=O)CCNCC(=O)NCCOCCOCC(=O)N[C@H](C(=O)N[C@@H](C)C(=O)Nc4ccc(CSP(=O)(O)OC[C@H]5O[C@@H](n6cnc7c(N)ncnc76)[C@H](F)[C@@H]5OP(=O)(O)OC[C@@H]5CC[C@H](n6cnc7c(=O)[nH]cnc76)O5)cc4)C(C)C)cc3)c2n1. The van der Waals surface area contributed by atoms with E-state index < -0.39 is 118 Å². The Morgan fingerprint density at radius 1 is 0.798 bits per heavy atom. The molecule has 8 aromatic rings. The summed E-state index contributed by atoms with van der Waals surface area (Å²) in [6.07, 6.45) is -1.22. The Balaban J connectivity index is 0.590. The summed E-state index contributed by atoms with van der Waals surface area (Å²) >= 11 is 0.486. The van der Waals surface area contributed by atoms with Gasteiger partial charge in [0.25, 0.3) is 5.56 Å². The first-order chi connectivity index (χ1) is 49.8. The molecule has 0 bridgehead atoms. The van der Waals surface area contributed by atoms with E-state index in [-0.39, 0.29) is 104 Å². The molecule has 0 spiro atoms. The van der Waals surface area contributed by atoms with Gasteiger partial charge in [0.2, 0.25) is 29.6 Å². The fraction of sp³-hybridized carbons (Fsp3) is 0.484. The standard InChI is InChI=1S/C62H81FN20O18P2S/c1-5-6-18-68-61-79-53(65)49-56(80-61)81(62(90)78-49)25-36-7-11-38(12-8-36)41(84)17-19-66-24-43(85)67-20-21-95-22-23-96-28-44(86)77-47(34(2)3)59(89)75-35(4)57(87)76-39-13-9-37(10-14-39)29-104-103(93,94)98-27-42-51(46(63)60(100-42)83-33-73-48-52(64)69-30-70-54(48)83)101-102(91,92)97-26-40-15-16-45(99-40)82-32-74-50-55(82)71-31-72-58(50)88/h7-14,30-35,40,42,45-47,51,60,66H,5-6,15-29H2,1-4H3,(H,67,85)(H,75,89)(H,76,87)(H,77,86)(H,78,90)(H,91,92)(H,93,94)(H2,64,69,70)(H,71,72,88)(H3,65,68,79,80)/t35-,40-,42+,45+,46+,47-,51+,60+/m0/s1. The number of rotatable bonds is 39. The number of H-pyrrole nitrogens is 2. The summed E-state index contributed by atoms with van der Waals surface area (Å²) in [5.74, 6) is -2.35. The van der Waals surface area contributed by atoms with Crippen molar-refractivity contribution in [3.05, 3.63) is 111 Å². The molecule has 6 aromatic heterocycles. The first-order valence-corrected chi connectivity index (χ1v) is 37.8. The molecule has 14 N–H and O–H groups in total. The maximum Gasteiger partial charge on any atom is 0.472 e. The molecule has 0 saturated carbocycles. The molecular weight excluding hydrogens is 1430 g/mol. The van der Waals surface area contributed by atoms with E-state index in [0.29, 0.717) is 64.7 Å². The summed E-state index contributed by atoms with van der Waals surface area (Å²) in [5.41, 5.74) is 14.5. The van der Waals surface area contributed by atoms with Gasteiger partial charge in [0.05, 0.1) is 71.2 Å². The topological polar surface area (TPSA) is 520 Å². The number of fused-ring (bicyclic) bond motifs is 3. The van der Waals surface area contributed by atoms with E-state index in [1.165, 1.54) is 36.3 Å². The number of nitrogens with two attached hydrogens (primary N) is 2. The number of anilines is 4. The number of Topliss-reactive ketones (excluding diaryl/α,β-unsaturated/α-hetero) is 1. The molecule has 4 amide bonds. The van der Waals surface area contributed by atoms with E-state index >= 15 is 4.39 Å². The van der Waals surface area contributed by atoms with Crippen LogP contribution >= 0.6 is 26.0 Å². The van der Waals surface area contributed by atoms with Crippen molar-refractivity contribution in [3.63, 3.8) is 0 Å². The third-order valence-corrected chi connectivity index (χ3v) is 20.4. The Kier molecular flexibility index (Phi) is 26.6. The van der Waals surface area contributed by atoms with E-state index in [9.17, 15) is 52.5 Å². The van der Waals surface area contributed by atoms with Crippen molar-refractivity contribution in [1.29, 1.82) is 0 Å². The van der Waals surface area contributed by atoms with Crippen LogP contribution < -0.4 is 54.6 Å². The van der Waals surface area contributed by atoms with Gasteiger partial charge in [-0.2, -0.15) is 9.97 Å². The Morgan fingerprint density at radius 2 is 1.54 bits per heavy atom. The van der Waals surface area contributed by atoms with Crippen LogP contribution in [0.5, 0.6) is 0 Å². The van der Waals surface area contributed by atoms with Crippen molar-refractivity contribution in [2.45, 2.75) is 121 Å². The first-order valence-electron chi connectivity index (χ1n) is 33.1. The van der Waals surface area contributed by atoms with Gasteiger partial charge in [0.15, 0.2) is 52.3 Å². The molecule has 2 aliphatic rings. The summed E-state index contributed by atoms with van der Waals surface area (Å²) < 4.78 is 86.8. The number of hydrogen-bond acceptors (Lipinski definition) is 28. The average Bonchev–Trinajstić information content (AvgIpc) is 1.63. The van der Waals surface area contributed by atoms with Gasteiger partial charge >= 0.3 is 20.3 Å². The van der Waals surface area contributed by atoms with Crippen molar-refractivity contribution >= 4 is 112 Å². The van der Waals surface area contributed by atoms with Crippen LogP contribution in [0.3, 0.4) is 0 Å². The van der Waals surface area contributed by atoms with Crippen molar-refractivity contribution in [1.82, 2.24) is 79.8 Å². The molecule has 2 aliphatic heterocycles. The number of ether oxygens (including phenoxy) is 4. The largest absolute Gasteiger partial charge is 0.472 e. The molecule has 2 fully saturated rings. The minimum atomic E-state index is -5.16. The Morgan fingerprint density at radius 3 is 2.31 bits per heavy atom. The number of phosphoric ester groups is 1. The van der Waals surface area contributed by atoms with Crippen LogP contribution in [0, 0.1) is 5.92 Å². The summed E-state index contributed by atoms with van der Waals surface area (Å²) in [6.45, 7) is 2.09. The molecule has 2 saturated heterocycles. The minimum absolute atomic E-state index is 0.0211. The molecule has 8 heterocycles. The van der Waals surface area contributed by atoms with Crippen LogP contribution in [0.4, 0.5) is 27.7 Å². The molecule has 2 unspecified atom stereocenters. The number of carbonyl (C=O) groups excluding carboxylic acids is 5. The molecular formula is C62H81FN20O18P2S. The van der Waals surface area contributed by atoms with E-state index in [2.05, 4.69) is 83.7 Å². The third kappa shape index (κ3) is 20.5. The maximum absolute atomic E-state index is 16.6. The summed E-state index contributed by atoms with van der Waals surface area (Å²) in [6, 6.07) is 10.9. The Hall–Kier alpha value is -9.02. The van der Waals surface area contributed by atoms with Crippen LogP contribution in [0.15, 0.2) is 83.4 Å². The first kappa shape index (κ1) is 77.6. The normalized spacial score (nSPS) is 19.2. The van der Waals surface area contributed by atoms with Gasteiger partial charge in [0.1, 0.15) is 54.5 Å². The van der Waals surface area contributed by atoms with Crippen molar-refractivity contribution < 1.29 is 79.8 Å². The van der Waals surface area contributed by atoms with Crippen LogP contribution in [0.2, 0.25) is 0 Å². The highest BCUT2D eigenvalue weighted by Crippen LogP contribution is 2.58. The van der Waals surface area contributed by atoms with Gasteiger partial charge < -0.3 is 82.1 Å². The lowest BCUT2D eigenvalue weighted by atomic mass is 10.0. The number of nitrogens with zero attached hydrogens (tertiary/aromatic N) is 10. The predicted molar refractivity (Wildman–Crippen MR) is 375 cm³/mol. The van der Waals surface area contributed by atoms with Crippen molar-refractivity contribution in [2.75, 3.05) is 87.9 Å². The van der Waals surface area contributed by atoms with E-state index in [4.69, 9.17) is 44.0 Å². The number of imidazole rings is 3. The lowest BCUT2D eigenvalue weighted by molar-refractivity contribution is -0.133. The zero-order valence-electron chi connectivity index (χ0n) is 56.9. The minimum Gasteiger partial charge on any atom is -0.382 e. The molecule has 0 radical (unpaired) electrons. The third-order valence-electron chi connectivity index (χ3n) is 16.5. The van der Waals surface area contributed by atoms with Crippen molar-refractivity contribution in [2.24, 2.45) is 5.92 Å². The number of unbranched alkanes of at least 4 members (excludes halogenated alkanes) is 1. The molecule has 2 aromatic carbocycles.